The van der Waals surface area contributed by atoms with Crippen LogP contribution in [0.15, 0.2) is 0 Å². The highest BCUT2D eigenvalue weighted by Crippen LogP contribution is 2.45. The second-order valence-corrected chi connectivity index (χ2v) is 34.1. The fraction of sp³-hybridized carbons (Fsp3) is 0.951. The van der Waals surface area contributed by atoms with Crippen molar-refractivity contribution in [3.63, 3.8) is 0 Å². The van der Waals surface area contributed by atoms with E-state index in [2.05, 4.69) is 55.4 Å². The lowest BCUT2D eigenvalue weighted by Crippen LogP contribution is -2.30. The van der Waals surface area contributed by atoms with E-state index in [4.69, 9.17) is 37.0 Å². The van der Waals surface area contributed by atoms with Crippen LogP contribution in [-0.2, 0) is 65.4 Å². The largest absolute Gasteiger partial charge is 0.472 e. The molecule has 0 rings (SSSR count). The number of esters is 4. The molecule has 0 aliphatic rings. The Morgan fingerprint density at radius 1 is 0.277 bits per heavy atom. The molecule has 0 fully saturated rings. The molecule has 19 heteroatoms. The molecule has 3 unspecified atom stereocenters. The van der Waals surface area contributed by atoms with Crippen LogP contribution in [0.25, 0.3) is 0 Å². The molecule has 0 aromatic carbocycles. The number of aliphatic hydroxyl groups excluding tert-OH is 1. The molecule has 3 N–H and O–H groups in total. The van der Waals surface area contributed by atoms with Gasteiger partial charge < -0.3 is 33.8 Å². The first kappa shape index (κ1) is 99.1. The topological polar surface area (TPSA) is 237 Å². The van der Waals surface area contributed by atoms with E-state index in [1.807, 2.05) is 0 Å². The Labute approximate surface area is 619 Å². The summed E-state index contributed by atoms with van der Waals surface area (Å²) in [5, 5.41) is 10.6. The number of carbonyl (C=O) groups excluding carboxylic acids is 4. The van der Waals surface area contributed by atoms with Crippen LogP contribution in [-0.4, -0.2) is 96.7 Å². The number of aliphatic hydroxyl groups is 1. The number of hydrogen-bond acceptors (Lipinski definition) is 15. The van der Waals surface area contributed by atoms with E-state index in [0.717, 1.165) is 114 Å². The molecule has 0 aliphatic carbocycles. The number of phosphoric acid groups is 2. The second-order valence-electron chi connectivity index (χ2n) is 31.2. The number of phosphoric ester groups is 2. The standard InChI is InChI=1S/C82H160O17P2/c1-9-75(8)61-53-45-36-30-24-17-14-15-19-27-33-39-49-57-65-82(87)99-78(69-93-80(85)63-55-47-41-40-44-52-60-74(6)7)71-97-101(90,91)95-67-76(83)66-94-100(88,89)96-70-77(68-92-79(84)62-54-46-37-31-25-21-20-23-29-35-43-51-59-73(4)5)98-81(86)64-56-48-38-32-26-18-13-11-10-12-16-22-28-34-42-50-58-72(2)3/h72-78,83H,9-71H2,1-8H3,(H,88,89)(H,90,91)/t75?,76-,77-,78-/m1/s1. The van der Waals surface area contributed by atoms with Gasteiger partial charge in [0, 0.05) is 25.7 Å². The van der Waals surface area contributed by atoms with Crippen LogP contribution in [0.5, 0.6) is 0 Å². The molecule has 600 valence electrons. The van der Waals surface area contributed by atoms with Gasteiger partial charge in [-0.25, -0.2) is 9.13 Å². The number of unbranched alkanes of at least 4 members (excludes halogenated alkanes) is 44. The van der Waals surface area contributed by atoms with Crippen LogP contribution >= 0.6 is 15.6 Å². The van der Waals surface area contributed by atoms with Crippen molar-refractivity contribution < 1.29 is 80.2 Å². The Kier molecular flexibility index (Phi) is 69.6. The molecule has 101 heavy (non-hydrogen) atoms. The van der Waals surface area contributed by atoms with E-state index >= 15 is 0 Å². The summed E-state index contributed by atoms with van der Waals surface area (Å²) in [5.74, 6) is 1.00. The summed E-state index contributed by atoms with van der Waals surface area (Å²) >= 11 is 0. The summed E-state index contributed by atoms with van der Waals surface area (Å²) < 4.78 is 68.7. The molecular weight excluding hydrogens is 1320 g/mol. The molecule has 6 atom stereocenters. The van der Waals surface area contributed by atoms with Crippen molar-refractivity contribution in [3.8, 4) is 0 Å². The van der Waals surface area contributed by atoms with Gasteiger partial charge in [-0.15, -0.1) is 0 Å². The van der Waals surface area contributed by atoms with Crippen LogP contribution < -0.4 is 0 Å². The lowest BCUT2D eigenvalue weighted by molar-refractivity contribution is -0.161. The molecule has 0 amide bonds. The Morgan fingerprint density at radius 2 is 0.475 bits per heavy atom. The molecule has 17 nitrogen and oxygen atoms in total. The van der Waals surface area contributed by atoms with E-state index in [0.29, 0.717) is 31.6 Å². The van der Waals surface area contributed by atoms with Crippen molar-refractivity contribution in [2.45, 2.75) is 440 Å². The quantitative estimate of drug-likeness (QED) is 0.0222. The maximum atomic E-state index is 13.1. The Balaban J connectivity index is 5.22. The normalized spacial score (nSPS) is 14.3. The number of carbonyl (C=O) groups is 4. The lowest BCUT2D eigenvalue weighted by atomic mass is 9.99. The van der Waals surface area contributed by atoms with E-state index in [1.54, 1.807) is 0 Å². The van der Waals surface area contributed by atoms with Crippen LogP contribution in [0.2, 0.25) is 0 Å². The van der Waals surface area contributed by atoms with E-state index < -0.39 is 97.5 Å². The van der Waals surface area contributed by atoms with Crippen molar-refractivity contribution in [1.29, 1.82) is 0 Å². The van der Waals surface area contributed by atoms with Gasteiger partial charge in [0.05, 0.1) is 26.4 Å². The molecule has 0 spiro atoms. The van der Waals surface area contributed by atoms with Crippen molar-refractivity contribution in [2.24, 2.45) is 23.7 Å². The summed E-state index contributed by atoms with van der Waals surface area (Å²) in [4.78, 5) is 73.0. The van der Waals surface area contributed by atoms with Gasteiger partial charge in [0.25, 0.3) is 0 Å². The minimum absolute atomic E-state index is 0.106. The number of rotatable bonds is 79. The number of ether oxygens (including phenoxy) is 4. The van der Waals surface area contributed by atoms with Gasteiger partial charge in [0.1, 0.15) is 19.3 Å². The van der Waals surface area contributed by atoms with Gasteiger partial charge in [0.15, 0.2) is 12.2 Å². The highest BCUT2D eigenvalue weighted by molar-refractivity contribution is 7.47. The molecular formula is C82H160O17P2. The molecule has 0 radical (unpaired) electrons. The minimum Gasteiger partial charge on any atom is -0.462 e. The van der Waals surface area contributed by atoms with Crippen LogP contribution in [0.1, 0.15) is 421 Å². The first-order valence-electron chi connectivity index (χ1n) is 42.2. The summed E-state index contributed by atoms with van der Waals surface area (Å²) in [6.45, 7) is 14.3. The van der Waals surface area contributed by atoms with Crippen molar-refractivity contribution in [1.82, 2.24) is 0 Å². The maximum absolute atomic E-state index is 13.1. The fourth-order valence-electron chi connectivity index (χ4n) is 12.6. The maximum Gasteiger partial charge on any atom is 0.472 e. The smallest absolute Gasteiger partial charge is 0.462 e. The van der Waals surface area contributed by atoms with E-state index in [-0.39, 0.29) is 25.7 Å². The fourth-order valence-corrected chi connectivity index (χ4v) is 14.2. The van der Waals surface area contributed by atoms with Crippen molar-refractivity contribution in [3.05, 3.63) is 0 Å². The monoisotopic (exact) mass is 1480 g/mol. The first-order chi connectivity index (χ1) is 48.6. The molecule has 0 bridgehead atoms. The third-order valence-electron chi connectivity index (χ3n) is 19.4. The molecule has 0 saturated carbocycles. The summed E-state index contributed by atoms with van der Waals surface area (Å²) in [7, 11) is -9.92. The predicted octanol–water partition coefficient (Wildman–Crippen LogP) is 24.4. The van der Waals surface area contributed by atoms with Gasteiger partial charge in [-0.2, -0.15) is 0 Å². The zero-order chi connectivity index (χ0) is 74.6. The van der Waals surface area contributed by atoms with Crippen LogP contribution in [0.3, 0.4) is 0 Å². The minimum atomic E-state index is -4.96. The third-order valence-corrected chi connectivity index (χ3v) is 21.3. The van der Waals surface area contributed by atoms with Crippen molar-refractivity contribution >= 4 is 39.5 Å². The second kappa shape index (κ2) is 71.0. The lowest BCUT2D eigenvalue weighted by Gasteiger charge is -2.21. The van der Waals surface area contributed by atoms with Gasteiger partial charge in [-0.1, -0.05) is 370 Å². The Hall–Kier alpha value is -1.94. The Bertz CT molecular complexity index is 1970. The SMILES string of the molecule is CCC(C)CCCCCCCCCCCCCCCCC(=O)O[C@H](COC(=O)CCCCCCCCC(C)C)COP(=O)(O)OC[C@H](O)COP(=O)(O)OC[C@@H](COC(=O)CCCCCCCCCCCCCCC(C)C)OC(=O)CCCCCCCCCCCCCCCCCCC(C)C. The highest BCUT2D eigenvalue weighted by atomic mass is 31.2. The van der Waals surface area contributed by atoms with Gasteiger partial charge in [-0.05, 0) is 49.4 Å². The van der Waals surface area contributed by atoms with Crippen molar-refractivity contribution in [2.75, 3.05) is 39.6 Å². The molecule has 0 saturated heterocycles. The summed E-state index contributed by atoms with van der Waals surface area (Å²) in [6.07, 6.45) is 58.4. The van der Waals surface area contributed by atoms with E-state index in [9.17, 15) is 43.2 Å². The predicted molar refractivity (Wildman–Crippen MR) is 414 cm³/mol. The molecule has 0 aliphatic heterocycles. The molecule has 0 heterocycles. The first-order valence-corrected chi connectivity index (χ1v) is 45.2. The Morgan fingerprint density at radius 3 is 0.703 bits per heavy atom. The highest BCUT2D eigenvalue weighted by Gasteiger charge is 2.30. The average Bonchev–Trinajstić information content (AvgIpc) is 1.26. The zero-order valence-corrected chi connectivity index (χ0v) is 68.3. The average molecular weight is 1480 g/mol. The van der Waals surface area contributed by atoms with Gasteiger partial charge in [0.2, 0.25) is 0 Å². The molecule has 0 aromatic rings. The number of hydrogen-bond donors (Lipinski definition) is 3. The molecule has 0 aromatic heterocycles. The van der Waals surface area contributed by atoms with E-state index in [1.165, 1.54) is 218 Å². The van der Waals surface area contributed by atoms with Crippen LogP contribution in [0.4, 0.5) is 0 Å². The summed E-state index contributed by atoms with van der Waals surface area (Å²) in [6, 6.07) is 0. The van der Waals surface area contributed by atoms with Gasteiger partial charge in [-0.3, -0.25) is 37.3 Å². The van der Waals surface area contributed by atoms with Crippen LogP contribution in [0, 0.1) is 23.7 Å². The zero-order valence-electron chi connectivity index (χ0n) is 66.5. The third kappa shape index (κ3) is 74.7. The summed E-state index contributed by atoms with van der Waals surface area (Å²) in [5.41, 5.74) is 0. The van der Waals surface area contributed by atoms with Gasteiger partial charge >= 0.3 is 39.5 Å².